The third kappa shape index (κ3) is 5.37. The van der Waals surface area contributed by atoms with Gasteiger partial charge >= 0.3 is 12.5 Å². The Bertz CT molecular complexity index is 1040. The molecule has 1 amide bonds. The van der Waals surface area contributed by atoms with Crippen LogP contribution in [0, 0.1) is 16.7 Å². The normalized spacial score (nSPS) is 27.3. The van der Waals surface area contributed by atoms with Gasteiger partial charge in [-0.3, -0.25) is 9.53 Å². The monoisotopic (exact) mass is 524 g/mol. The molecule has 198 valence electrons. The summed E-state index contributed by atoms with van der Waals surface area (Å²) in [6.45, 7) is -1.13. The minimum Gasteiger partial charge on any atom is -0.347 e. The van der Waals surface area contributed by atoms with Crippen LogP contribution in [-0.4, -0.2) is 57.5 Å². The van der Waals surface area contributed by atoms with E-state index < -0.39 is 64.7 Å². The molecular formula is C21H24F6N5O4+. The van der Waals surface area contributed by atoms with E-state index in [-0.39, 0.29) is 5.69 Å². The molecule has 1 aromatic carbocycles. The van der Waals surface area contributed by atoms with Gasteiger partial charge in [0.25, 0.3) is 5.91 Å². The SMILES string of the molecule is N#CC12CCC(NC(=O)c3cc(C(F)(F)F)ccc3N[N+](O)(O)N3CC(OC(F)(F)F)C3)(CC1)CC2. The topological polar surface area (TPSA) is 118 Å². The molecule has 36 heavy (non-hydrogen) atoms. The molecule has 0 spiro atoms. The minimum atomic E-state index is -4.92. The van der Waals surface area contributed by atoms with Gasteiger partial charge in [0.05, 0.1) is 35.7 Å². The summed E-state index contributed by atoms with van der Waals surface area (Å²) in [5, 5.41) is 31.3. The van der Waals surface area contributed by atoms with E-state index in [2.05, 4.69) is 21.5 Å². The second-order valence-electron chi connectivity index (χ2n) is 9.62. The van der Waals surface area contributed by atoms with Gasteiger partial charge in [-0.25, -0.2) is 0 Å². The number of quaternary nitrogens is 1. The van der Waals surface area contributed by atoms with Crippen LogP contribution >= 0.6 is 0 Å². The molecule has 3 aliphatic carbocycles. The number of halogens is 6. The summed E-state index contributed by atoms with van der Waals surface area (Å²) in [5.74, 6) is -0.892. The lowest BCUT2D eigenvalue weighted by Gasteiger charge is -2.50. The Morgan fingerprint density at radius 1 is 1.08 bits per heavy atom. The summed E-state index contributed by atoms with van der Waals surface area (Å²) in [7, 11) is 0. The minimum absolute atomic E-state index is 0.389. The standard InChI is InChI=1S/C21H23F6N5O4/c22-20(23,24)13-1-2-16(30-32(34,35)31-10-14(11-31)36-21(25,26)27)15(9-13)17(33)29-19-6-3-18(12-28,4-7-19)5-8-19/h1-2,9,14,34-35H,3-8,10-11H2,(H-,29,30,33)/p+1. The first-order valence-electron chi connectivity index (χ1n) is 11.1. The number of nitrogens with zero attached hydrogens (tertiary/aromatic N) is 3. The quantitative estimate of drug-likeness (QED) is 0.251. The fraction of sp³-hybridized carbons (Fsp3) is 0.619. The molecule has 0 atom stereocenters. The van der Waals surface area contributed by atoms with Gasteiger partial charge in [-0.05, 0) is 56.7 Å². The molecule has 1 heterocycles. The van der Waals surface area contributed by atoms with Crippen molar-refractivity contribution < 1.29 is 51.3 Å². The first-order valence-corrected chi connectivity index (χ1v) is 11.1. The van der Waals surface area contributed by atoms with Crippen LogP contribution in [0.2, 0.25) is 0 Å². The lowest BCUT2D eigenvalue weighted by molar-refractivity contribution is -1.31. The Hall–Kier alpha value is -2.64. The number of nitrogens with one attached hydrogen (secondary N) is 2. The van der Waals surface area contributed by atoms with Crippen LogP contribution in [0.3, 0.4) is 0 Å². The molecule has 1 aliphatic heterocycles. The predicted molar refractivity (Wildman–Crippen MR) is 107 cm³/mol. The number of rotatable bonds is 6. The third-order valence-corrected chi connectivity index (χ3v) is 7.25. The molecule has 1 aromatic rings. The largest absolute Gasteiger partial charge is 0.522 e. The number of carbonyl (C=O) groups is 1. The number of carbonyl (C=O) groups excluding carboxylic acids is 1. The third-order valence-electron chi connectivity index (χ3n) is 7.25. The Balaban J connectivity index is 1.53. The maximum absolute atomic E-state index is 13.4. The van der Waals surface area contributed by atoms with Gasteiger partial charge in [0.1, 0.15) is 16.8 Å². The molecule has 0 radical (unpaired) electrons. The van der Waals surface area contributed by atoms with E-state index in [0.29, 0.717) is 55.7 Å². The zero-order chi connectivity index (χ0) is 26.6. The summed E-state index contributed by atoms with van der Waals surface area (Å²) < 4.78 is 80.9. The van der Waals surface area contributed by atoms with Crippen LogP contribution in [0.5, 0.6) is 0 Å². The van der Waals surface area contributed by atoms with E-state index in [1.165, 1.54) is 0 Å². The zero-order valence-electron chi connectivity index (χ0n) is 18.8. The molecule has 4 aliphatic rings. The van der Waals surface area contributed by atoms with Gasteiger partial charge < -0.3 is 5.32 Å². The highest BCUT2D eigenvalue weighted by Crippen LogP contribution is 2.52. The summed E-state index contributed by atoms with van der Waals surface area (Å²) in [6, 6.07) is 4.35. The van der Waals surface area contributed by atoms with Crippen molar-refractivity contribution in [1.82, 2.24) is 10.3 Å². The predicted octanol–water partition coefficient (Wildman–Crippen LogP) is 4.11. The Morgan fingerprint density at radius 2 is 1.67 bits per heavy atom. The van der Waals surface area contributed by atoms with Crippen molar-refractivity contribution in [2.24, 2.45) is 5.41 Å². The highest BCUT2D eigenvalue weighted by atomic mass is 19.4. The fourth-order valence-electron chi connectivity index (χ4n) is 5.00. The summed E-state index contributed by atoms with van der Waals surface area (Å²) >= 11 is 0. The van der Waals surface area contributed by atoms with Gasteiger partial charge in [0.2, 0.25) is 0 Å². The molecule has 15 heteroatoms. The second kappa shape index (κ2) is 8.73. The molecule has 5 rings (SSSR count). The Morgan fingerprint density at radius 3 is 2.17 bits per heavy atom. The molecule has 1 saturated heterocycles. The van der Waals surface area contributed by atoms with E-state index in [1.54, 1.807) is 0 Å². The lowest BCUT2D eigenvalue weighted by atomic mass is 9.58. The van der Waals surface area contributed by atoms with Crippen molar-refractivity contribution in [3.05, 3.63) is 29.3 Å². The van der Waals surface area contributed by atoms with Gasteiger partial charge in [-0.2, -0.15) is 23.9 Å². The van der Waals surface area contributed by atoms with Gasteiger partial charge in [-0.1, -0.05) is 5.01 Å². The molecule has 9 nitrogen and oxygen atoms in total. The average molecular weight is 524 g/mol. The van der Waals surface area contributed by atoms with Crippen LogP contribution in [-0.2, 0) is 10.9 Å². The number of hydrogen-bond donors (Lipinski definition) is 4. The number of anilines is 1. The fourth-order valence-corrected chi connectivity index (χ4v) is 5.00. The number of amides is 1. The average Bonchev–Trinajstić information content (AvgIpc) is 2.75. The highest BCUT2D eigenvalue weighted by molar-refractivity contribution is 6.00. The van der Waals surface area contributed by atoms with E-state index in [1.807, 2.05) is 0 Å². The van der Waals surface area contributed by atoms with Gasteiger partial charge in [0.15, 0.2) is 0 Å². The molecule has 0 unspecified atom stereocenters. The van der Waals surface area contributed by atoms with Crippen LogP contribution < -0.4 is 10.7 Å². The summed E-state index contributed by atoms with van der Waals surface area (Å²) in [6.07, 6.45) is -8.04. The molecule has 3 saturated carbocycles. The highest BCUT2D eigenvalue weighted by Gasteiger charge is 2.51. The summed E-state index contributed by atoms with van der Waals surface area (Å²) in [4.78, 5) is 13.2. The van der Waals surface area contributed by atoms with E-state index in [4.69, 9.17) is 0 Å². The molecule has 4 N–H and O–H groups in total. The number of benzene rings is 1. The van der Waals surface area contributed by atoms with E-state index in [0.717, 1.165) is 6.07 Å². The maximum atomic E-state index is 13.4. The van der Waals surface area contributed by atoms with Crippen molar-refractivity contribution >= 4 is 11.6 Å². The van der Waals surface area contributed by atoms with E-state index >= 15 is 0 Å². The van der Waals surface area contributed by atoms with Crippen molar-refractivity contribution in [3.8, 4) is 6.07 Å². The molecule has 4 fully saturated rings. The van der Waals surface area contributed by atoms with Crippen molar-refractivity contribution in [2.75, 3.05) is 18.5 Å². The van der Waals surface area contributed by atoms with Crippen molar-refractivity contribution in [3.63, 3.8) is 0 Å². The van der Waals surface area contributed by atoms with Gasteiger partial charge in [0, 0.05) is 5.54 Å². The lowest BCUT2D eigenvalue weighted by Crippen LogP contribution is -2.70. The molecular weight excluding hydrogens is 500 g/mol. The number of fused-ring (bicyclic) bond motifs is 3. The number of hydrogen-bond acceptors (Lipinski definition) is 7. The second-order valence-corrected chi connectivity index (χ2v) is 9.62. The van der Waals surface area contributed by atoms with Crippen LogP contribution in [0.1, 0.15) is 54.4 Å². The van der Waals surface area contributed by atoms with Crippen LogP contribution in [0.25, 0.3) is 0 Å². The molecule has 0 aromatic heterocycles. The molecule has 2 bridgehead atoms. The number of nitriles is 1. The number of alkyl halides is 6. The Labute approximate surface area is 201 Å². The number of ether oxygens (including phenoxy) is 1. The first kappa shape index (κ1) is 26.4. The smallest absolute Gasteiger partial charge is 0.347 e. The zero-order valence-corrected chi connectivity index (χ0v) is 18.8. The van der Waals surface area contributed by atoms with Crippen LogP contribution in [0.4, 0.5) is 32.0 Å². The van der Waals surface area contributed by atoms with E-state index in [9.17, 15) is 46.8 Å². The Kier molecular flexibility index (Phi) is 6.41. The van der Waals surface area contributed by atoms with Crippen molar-refractivity contribution in [2.45, 2.75) is 62.7 Å². The summed E-state index contributed by atoms with van der Waals surface area (Å²) in [5.41, 5.74) is -1.14. The maximum Gasteiger partial charge on any atom is 0.522 e. The van der Waals surface area contributed by atoms with Crippen molar-refractivity contribution in [1.29, 1.82) is 5.26 Å². The van der Waals surface area contributed by atoms with Gasteiger partial charge in [-0.15, -0.1) is 23.6 Å². The van der Waals surface area contributed by atoms with Crippen LogP contribution in [0.15, 0.2) is 18.2 Å². The first-order chi connectivity index (χ1) is 16.6.